The SMILES string of the molecule is CCCCCCCCCCCCC/C=C\CCC(=O)OCC(COP(=O)(O)OCC(N)C(C)=O)OC(=O)CC/C=C\CCCCCCCCCCCCC. The number of ether oxygens (including phenoxy) is 2. The molecule has 10 nitrogen and oxygen atoms in total. The Morgan fingerprint density at radius 3 is 1.35 bits per heavy atom. The Morgan fingerprint density at radius 1 is 0.556 bits per heavy atom. The molecule has 54 heavy (non-hydrogen) atoms. The Hall–Kier alpha value is -1.84. The van der Waals surface area contributed by atoms with Crippen LogP contribution in [0.25, 0.3) is 0 Å². The van der Waals surface area contributed by atoms with E-state index in [0.29, 0.717) is 12.8 Å². The second kappa shape index (κ2) is 38.1. The molecule has 316 valence electrons. The van der Waals surface area contributed by atoms with Crippen molar-refractivity contribution < 1.29 is 42.4 Å². The third kappa shape index (κ3) is 37.1. The van der Waals surface area contributed by atoms with Gasteiger partial charge in [0, 0.05) is 12.8 Å². The summed E-state index contributed by atoms with van der Waals surface area (Å²) >= 11 is 0. The molecule has 0 amide bonds. The summed E-state index contributed by atoms with van der Waals surface area (Å²) in [4.78, 5) is 46.4. The van der Waals surface area contributed by atoms with Crippen molar-refractivity contribution in [3.05, 3.63) is 24.3 Å². The van der Waals surface area contributed by atoms with Crippen LogP contribution in [-0.4, -0.2) is 54.6 Å². The molecule has 0 heterocycles. The van der Waals surface area contributed by atoms with Crippen molar-refractivity contribution in [1.29, 1.82) is 0 Å². The van der Waals surface area contributed by atoms with Crippen LogP contribution in [0.4, 0.5) is 0 Å². The van der Waals surface area contributed by atoms with E-state index >= 15 is 0 Å². The molecule has 0 bridgehead atoms. The zero-order chi connectivity index (χ0) is 40.0. The Kier molecular flexibility index (Phi) is 36.8. The van der Waals surface area contributed by atoms with Crippen molar-refractivity contribution in [2.45, 2.75) is 213 Å². The maximum Gasteiger partial charge on any atom is 0.472 e. The molecule has 0 radical (unpaired) electrons. The van der Waals surface area contributed by atoms with Gasteiger partial charge in [-0.15, -0.1) is 0 Å². The fourth-order valence-electron chi connectivity index (χ4n) is 5.85. The standard InChI is InChI=1S/C43H80NO9P/c1-4-6-8-10-12-14-16-18-20-22-24-26-28-30-32-34-42(46)50-36-40(37-51-54(48,49)52-38-41(44)39(3)45)53-43(47)35-33-31-29-27-25-23-21-19-17-15-13-11-9-7-5-2/h28-31,40-41H,4-27,32-38,44H2,1-3H3,(H,48,49)/b30-28-,31-29-. The molecule has 0 fully saturated rings. The minimum Gasteiger partial charge on any atom is -0.462 e. The molecule has 3 atom stereocenters. The molecule has 0 spiro atoms. The van der Waals surface area contributed by atoms with E-state index < -0.39 is 50.9 Å². The number of hydrogen-bond donors (Lipinski definition) is 2. The van der Waals surface area contributed by atoms with Crippen LogP contribution in [0.3, 0.4) is 0 Å². The second-order valence-electron chi connectivity index (χ2n) is 14.7. The van der Waals surface area contributed by atoms with Crippen molar-refractivity contribution in [1.82, 2.24) is 0 Å². The molecular weight excluding hydrogens is 705 g/mol. The lowest BCUT2D eigenvalue weighted by atomic mass is 10.1. The highest BCUT2D eigenvalue weighted by Crippen LogP contribution is 2.43. The van der Waals surface area contributed by atoms with Crippen LogP contribution in [0.15, 0.2) is 24.3 Å². The second-order valence-corrected chi connectivity index (χ2v) is 16.2. The van der Waals surface area contributed by atoms with Gasteiger partial charge < -0.3 is 20.1 Å². The number of Topliss-reactive ketones (excluding diaryl/α,β-unsaturated/α-hetero) is 1. The van der Waals surface area contributed by atoms with E-state index in [2.05, 4.69) is 26.0 Å². The molecule has 0 saturated carbocycles. The summed E-state index contributed by atoms with van der Waals surface area (Å²) in [7, 11) is -4.62. The molecule has 3 unspecified atom stereocenters. The van der Waals surface area contributed by atoms with Crippen molar-refractivity contribution in [3.63, 3.8) is 0 Å². The fourth-order valence-corrected chi connectivity index (χ4v) is 6.63. The molecule has 0 aliphatic rings. The Morgan fingerprint density at radius 2 is 0.926 bits per heavy atom. The van der Waals surface area contributed by atoms with Crippen LogP contribution >= 0.6 is 7.82 Å². The summed E-state index contributed by atoms with van der Waals surface area (Å²) in [6.07, 6.45) is 38.9. The maximum absolute atomic E-state index is 12.6. The Balaban J connectivity index is 4.44. The van der Waals surface area contributed by atoms with E-state index in [9.17, 15) is 23.8 Å². The zero-order valence-electron chi connectivity index (χ0n) is 34.6. The summed E-state index contributed by atoms with van der Waals surface area (Å²) in [6, 6.07) is -1.08. The van der Waals surface area contributed by atoms with Gasteiger partial charge in [-0.3, -0.25) is 23.4 Å². The van der Waals surface area contributed by atoms with E-state index in [-0.39, 0.29) is 19.4 Å². The third-order valence-corrected chi connectivity index (χ3v) is 10.4. The van der Waals surface area contributed by atoms with E-state index in [0.717, 1.165) is 25.7 Å². The van der Waals surface area contributed by atoms with E-state index in [4.69, 9.17) is 24.3 Å². The molecule has 0 aliphatic heterocycles. The maximum atomic E-state index is 12.6. The summed E-state index contributed by atoms with van der Waals surface area (Å²) in [5.41, 5.74) is 5.57. The summed E-state index contributed by atoms with van der Waals surface area (Å²) in [5.74, 6) is -1.43. The average Bonchev–Trinajstić information content (AvgIpc) is 3.14. The van der Waals surface area contributed by atoms with Gasteiger partial charge >= 0.3 is 19.8 Å². The highest BCUT2D eigenvalue weighted by atomic mass is 31.2. The lowest BCUT2D eigenvalue weighted by molar-refractivity contribution is -0.161. The van der Waals surface area contributed by atoms with Crippen LogP contribution in [0.2, 0.25) is 0 Å². The number of rotatable bonds is 40. The highest BCUT2D eigenvalue weighted by Gasteiger charge is 2.27. The predicted molar refractivity (Wildman–Crippen MR) is 220 cm³/mol. The van der Waals surface area contributed by atoms with Crippen LogP contribution in [0, 0.1) is 0 Å². The Bertz CT molecular complexity index is 1020. The highest BCUT2D eigenvalue weighted by molar-refractivity contribution is 7.47. The molecule has 0 saturated heterocycles. The summed E-state index contributed by atoms with van der Waals surface area (Å²) < 4.78 is 32.9. The Labute approximate surface area is 329 Å². The average molecular weight is 786 g/mol. The molecule has 11 heteroatoms. The van der Waals surface area contributed by atoms with Crippen LogP contribution < -0.4 is 5.73 Å². The largest absolute Gasteiger partial charge is 0.472 e. The number of phosphoric ester groups is 1. The van der Waals surface area contributed by atoms with Gasteiger partial charge in [-0.25, -0.2) is 4.57 Å². The number of ketones is 1. The van der Waals surface area contributed by atoms with Crippen molar-refractivity contribution >= 4 is 25.5 Å². The molecule has 0 aromatic carbocycles. The lowest BCUT2D eigenvalue weighted by Gasteiger charge is -2.20. The van der Waals surface area contributed by atoms with Crippen LogP contribution in [0.1, 0.15) is 201 Å². The number of phosphoric acid groups is 1. The zero-order valence-corrected chi connectivity index (χ0v) is 35.5. The topological polar surface area (TPSA) is 151 Å². The fraction of sp³-hybridized carbons (Fsp3) is 0.837. The smallest absolute Gasteiger partial charge is 0.462 e. The van der Waals surface area contributed by atoms with Crippen molar-refractivity contribution in [2.24, 2.45) is 5.73 Å². The minimum absolute atomic E-state index is 0.101. The number of hydrogen-bond acceptors (Lipinski definition) is 9. The van der Waals surface area contributed by atoms with Crippen molar-refractivity contribution in [2.75, 3.05) is 19.8 Å². The van der Waals surface area contributed by atoms with E-state index in [1.807, 2.05) is 12.2 Å². The van der Waals surface area contributed by atoms with Gasteiger partial charge in [0.2, 0.25) is 0 Å². The number of unbranched alkanes of at least 4 members (excludes halogenated alkanes) is 22. The van der Waals surface area contributed by atoms with Gasteiger partial charge in [-0.2, -0.15) is 0 Å². The number of esters is 2. The quantitative estimate of drug-likeness (QED) is 0.0266. The van der Waals surface area contributed by atoms with Gasteiger partial charge in [0.25, 0.3) is 0 Å². The van der Waals surface area contributed by atoms with Gasteiger partial charge in [0.15, 0.2) is 6.10 Å². The van der Waals surface area contributed by atoms with Crippen LogP contribution in [-0.2, 0) is 37.5 Å². The van der Waals surface area contributed by atoms with E-state index in [1.54, 1.807) is 0 Å². The normalized spacial score (nSPS) is 14.0. The molecule has 0 rings (SSSR count). The molecule has 3 N–H and O–H groups in total. The summed E-state index contributed by atoms with van der Waals surface area (Å²) in [6.45, 7) is 4.34. The lowest BCUT2D eigenvalue weighted by Crippen LogP contribution is -2.33. The van der Waals surface area contributed by atoms with Gasteiger partial charge in [-0.05, 0) is 45.4 Å². The van der Waals surface area contributed by atoms with Crippen LogP contribution in [0.5, 0.6) is 0 Å². The van der Waals surface area contributed by atoms with Gasteiger partial charge in [0.1, 0.15) is 12.4 Å². The number of carbonyl (C=O) groups excluding carboxylic acids is 3. The first kappa shape index (κ1) is 52.2. The number of allylic oxidation sites excluding steroid dienone is 4. The number of nitrogens with two attached hydrogens (primary N) is 1. The first-order valence-electron chi connectivity index (χ1n) is 21.6. The molecule has 0 aromatic rings. The molecular formula is C43H80NO9P. The summed E-state index contributed by atoms with van der Waals surface area (Å²) in [5, 5.41) is 0. The monoisotopic (exact) mass is 786 g/mol. The number of carbonyl (C=O) groups is 3. The first-order chi connectivity index (χ1) is 26.1. The first-order valence-corrected chi connectivity index (χ1v) is 23.1. The van der Waals surface area contributed by atoms with Gasteiger partial charge in [-0.1, -0.05) is 167 Å². The van der Waals surface area contributed by atoms with Crippen molar-refractivity contribution in [3.8, 4) is 0 Å². The predicted octanol–water partition coefficient (Wildman–Crippen LogP) is 11.6. The molecule has 0 aliphatic carbocycles. The molecule has 0 aromatic heterocycles. The third-order valence-electron chi connectivity index (χ3n) is 9.40. The van der Waals surface area contributed by atoms with E-state index in [1.165, 1.54) is 135 Å². The van der Waals surface area contributed by atoms with Gasteiger partial charge in [0.05, 0.1) is 19.3 Å². The minimum atomic E-state index is -4.62.